The summed E-state index contributed by atoms with van der Waals surface area (Å²) in [6.07, 6.45) is 5.51. The summed E-state index contributed by atoms with van der Waals surface area (Å²) in [6.45, 7) is 3.87. The SMILES string of the molecule is CC1CCCC(CO)(NC(=O)c2cn(C3CNC3)nn2)C1. The van der Waals surface area contributed by atoms with Gasteiger partial charge in [0.05, 0.1) is 24.4 Å². The molecule has 0 spiro atoms. The van der Waals surface area contributed by atoms with Crippen LogP contribution in [-0.2, 0) is 0 Å². The molecule has 116 valence electrons. The zero-order chi connectivity index (χ0) is 14.9. The first-order valence-electron chi connectivity index (χ1n) is 7.68. The van der Waals surface area contributed by atoms with E-state index in [1.54, 1.807) is 10.9 Å². The van der Waals surface area contributed by atoms with Gasteiger partial charge in [0.1, 0.15) is 0 Å². The van der Waals surface area contributed by atoms with Crippen LogP contribution in [0.4, 0.5) is 0 Å². The fourth-order valence-corrected chi connectivity index (χ4v) is 3.28. The second kappa shape index (κ2) is 5.73. The number of nitrogens with one attached hydrogen (secondary N) is 2. The van der Waals surface area contributed by atoms with E-state index in [1.807, 2.05) is 0 Å². The molecule has 1 aromatic heterocycles. The van der Waals surface area contributed by atoms with Crippen LogP contribution >= 0.6 is 0 Å². The summed E-state index contributed by atoms with van der Waals surface area (Å²) < 4.78 is 1.74. The van der Waals surface area contributed by atoms with Crippen LogP contribution < -0.4 is 10.6 Å². The molecular formula is C14H23N5O2. The molecule has 0 radical (unpaired) electrons. The van der Waals surface area contributed by atoms with Crippen LogP contribution in [0.1, 0.15) is 49.1 Å². The lowest BCUT2D eigenvalue weighted by Gasteiger charge is -2.39. The Hall–Kier alpha value is -1.47. The second-order valence-corrected chi connectivity index (χ2v) is 6.49. The minimum atomic E-state index is -0.503. The van der Waals surface area contributed by atoms with Gasteiger partial charge in [-0.2, -0.15) is 0 Å². The molecule has 21 heavy (non-hydrogen) atoms. The first-order chi connectivity index (χ1) is 10.1. The summed E-state index contributed by atoms with van der Waals surface area (Å²) in [5.74, 6) is 0.277. The number of hydrogen-bond donors (Lipinski definition) is 3. The largest absolute Gasteiger partial charge is 0.394 e. The molecule has 7 heteroatoms. The average Bonchev–Trinajstić information content (AvgIpc) is 2.86. The van der Waals surface area contributed by atoms with E-state index in [-0.39, 0.29) is 12.5 Å². The number of rotatable bonds is 4. The Morgan fingerprint density at radius 1 is 1.62 bits per heavy atom. The predicted octanol–water partition coefficient (Wildman–Crippen LogP) is 0.0934. The summed E-state index contributed by atoms with van der Waals surface area (Å²) in [7, 11) is 0. The topological polar surface area (TPSA) is 92.1 Å². The quantitative estimate of drug-likeness (QED) is 0.732. The highest BCUT2D eigenvalue weighted by molar-refractivity contribution is 5.92. The van der Waals surface area contributed by atoms with Crippen molar-refractivity contribution in [2.75, 3.05) is 19.7 Å². The van der Waals surface area contributed by atoms with Crippen LogP contribution in [0.5, 0.6) is 0 Å². The lowest BCUT2D eigenvalue weighted by molar-refractivity contribution is 0.0692. The van der Waals surface area contributed by atoms with E-state index in [0.717, 1.165) is 38.8 Å². The van der Waals surface area contributed by atoms with Gasteiger partial charge in [0.2, 0.25) is 0 Å². The molecular weight excluding hydrogens is 270 g/mol. The van der Waals surface area contributed by atoms with Crippen molar-refractivity contribution in [3.05, 3.63) is 11.9 Å². The highest BCUT2D eigenvalue weighted by atomic mass is 16.3. The summed E-state index contributed by atoms with van der Waals surface area (Å²) in [5.41, 5.74) is -0.177. The Bertz CT molecular complexity index is 513. The van der Waals surface area contributed by atoms with Crippen LogP contribution in [0.3, 0.4) is 0 Å². The highest BCUT2D eigenvalue weighted by Gasteiger charge is 2.36. The van der Waals surface area contributed by atoms with Gasteiger partial charge >= 0.3 is 0 Å². The van der Waals surface area contributed by atoms with Crippen LogP contribution in [0.15, 0.2) is 6.20 Å². The molecule has 7 nitrogen and oxygen atoms in total. The second-order valence-electron chi connectivity index (χ2n) is 6.49. The van der Waals surface area contributed by atoms with E-state index in [0.29, 0.717) is 17.7 Å². The molecule has 0 aromatic carbocycles. The van der Waals surface area contributed by atoms with Crippen LogP contribution in [0, 0.1) is 5.92 Å². The van der Waals surface area contributed by atoms with Crippen molar-refractivity contribution in [3.63, 3.8) is 0 Å². The number of carbonyl (C=O) groups excluding carboxylic acids is 1. The molecule has 1 aliphatic heterocycles. The predicted molar refractivity (Wildman–Crippen MR) is 76.8 cm³/mol. The standard InChI is InChI=1S/C14H23N5O2/c1-10-3-2-4-14(5-10,9-20)16-13(21)12-8-19(18-17-12)11-6-15-7-11/h8,10-11,15,20H,2-7,9H2,1H3,(H,16,21). The highest BCUT2D eigenvalue weighted by Crippen LogP contribution is 2.32. The molecule has 2 heterocycles. The Labute approximate surface area is 124 Å². The van der Waals surface area contributed by atoms with Gasteiger partial charge in [-0.25, -0.2) is 4.68 Å². The molecule has 1 saturated heterocycles. The molecule has 1 saturated carbocycles. The van der Waals surface area contributed by atoms with Crippen molar-refractivity contribution >= 4 is 5.91 Å². The number of aliphatic hydroxyl groups is 1. The van der Waals surface area contributed by atoms with Crippen molar-refractivity contribution in [1.29, 1.82) is 0 Å². The van der Waals surface area contributed by atoms with E-state index in [4.69, 9.17) is 0 Å². The zero-order valence-corrected chi connectivity index (χ0v) is 12.4. The van der Waals surface area contributed by atoms with E-state index < -0.39 is 5.54 Å². The minimum Gasteiger partial charge on any atom is -0.394 e. The van der Waals surface area contributed by atoms with Crippen molar-refractivity contribution in [3.8, 4) is 0 Å². The molecule has 1 aliphatic carbocycles. The molecule has 1 amide bonds. The zero-order valence-electron chi connectivity index (χ0n) is 12.4. The minimum absolute atomic E-state index is 0.0240. The van der Waals surface area contributed by atoms with Gasteiger partial charge in [0.25, 0.3) is 5.91 Å². The van der Waals surface area contributed by atoms with E-state index in [1.165, 1.54) is 0 Å². The lowest BCUT2D eigenvalue weighted by atomic mass is 9.77. The van der Waals surface area contributed by atoms with Gasteiger partial charge in [-0.15, -0.1) is 5.10 Å². The molecule has 2 fully saturated rings. The molecule has 0 bridgehead atoms. The van der Waals surface area contributed by atoms with Crippen molar-refractivity contribution in [2.24, 2.45) is 5.92 Å². The fourth-order valence-electron chi connectivity index (χ4n) is 3.28. The third kappa shape index (κ3) is 2.94. The number of nitrogens with zero attached hydrogens (tertiary/aromatic N) is 3. The molecule has 3 N–H and O–H groups in total. The maximum absolute atomic E-state index is 12.4. The number of aromatic nitrogens is 3. The summed E-state index contributed by atoms with van der Waals surface area (Å²) in [6, 6.07) is 0.292. The monoisotopic (exact) mass is 293 g/mol. The number of amides is 1. The maximum Gasteiger partial charge on any atom is 0.273 e. The van der Waals surface area contributed by atoms with Crippen molar-refractivity contribution in [1.82, 2.24) is 25.6 Å². The third-order valence-electron chi connectivity index (χ3n) is 4.65. The molecule has 3 rings (SSSR count). The Kier molecular flexibility index (Phi) is 3.95. The van der Waals surface area contributed by atoms with Crippen molar-refractivity contribution < 1.29 is 9.90 Å². The van der Waals surface area contributed by atoms with Crippen LogP contribution in [0.25, 0.3) is 0 Å². The van der Waals surface area contributed by atoms with Gasteiger partial charge in [0.15, 0.2) is 5.69 Å². The van der Waals surface area contributed by atoms with Gasteiger partial charge < -0.3 is 15.7 Å². The smallest absolute Gasteiger partial charge is 0.273 e. The van der Waals surface area contributed by atoms with Gasteiger partial charge in [-0.1, -0.05) is 25.0 Å². The molecule has 2 unspecified atom stereocenters. The van der Waals surface area contributed by atoms with E-state index >= 15 is 0 Å². The average molecular weight is 293 g/mol. The molecule has 1 aromatic rings. The number of carbonyl (C=O) groups is 1. The number of hydrogen-bond acceptors (Lipinski definition) is 5. The first kappa shape index (κ1) is 14.5. The maximum atomic E-state index is 12.4. The Morgan fingerprint density at radius 3 is 3.05 bits per heavy atom. The summed E-state index contributed by atoms with van der Waals surface area (Å²) in [5, 5.41) is 23.9. The van der Waals surface area contributed by atoms with Crippen LogP contribution in [-0.4, -0.2) is 51.2 Å². The first-order valence-corrected chi connectivity index (χ1v) is 7.68. The summed E-state index contributed by atoms with van der Waals surface area (Å²) in [4.78, 5) is 12.4. The number of aliphatic hydroxyl groups excluding tert-OH is 1. The van der Waals surface area contributed by atoms with Gasteiger partial charge in [-0.3, -0.25) is 4.79 Å². The molecule has 2 atom stereocenters. The Morgan fingerprint density at radius 2 is 2.43 bits per heavy atom. The van der Waals surface area contributed by atoms with E-state index in [9.17, 15) is 9.90 Å². The Balaban J connectivity index is 1.68. The van der Waals surface area contributed by atoms with Crippen molar-refractivity contribution in [2.45, 2.75) is 44.2 Å². The molecule has 2 aliphatic rings. The van der Waals surface area contributed by atoms with Gasteiger partial charge in [-0.05, 0) is 18.8 Å². The summed E-state index contributed by atoms with van der Waals surface area (Å²) >= 11 is 0. The van der Waals surface area contributed by atoms with Gasteiger partial charge in [0, 0.05) is 13.1 Å². The lowest BCUT2D eigenvalue weighted by Crippen LogP contribution is -2.54. The third-order valence-corrected chi connectivity index (χ3v) is 4.65. The van der Waals surface area contributed by atoms with E-state index in [2.05, 4.69) is 27.9 Å². The van der Waals surface area contributed by atoms with Crippen LogP contribution in [0.2, 0.25) is 0 Å². The fraction of sp³-hybridized carbons (Fsp3) is 0.786. The normalized spacial score (nSPS) is 29.9.